The van der Waals surface area contributed by atoms with Crippen molar-refractivity contribution in [2.45, 2.75) is 39.0 Å². The van der Waals surface area contributed by atoms with Crippen LogP contribution in [0.2, 0.25) is 0 Å². The van der Waals surface area contributed by atoms with Gasteiger partial charge in [-0.3, -0.25) is 9.48 Å². The lowest BCUT2D eigenvalue weighted by Gasteiger charge is -2.20. The molecule has 1 aliphatic heterocycles. The molecule has 122 valence electrons. The Balaban J connectivity index is 1.86. The van der Waals surface area contributed by atoms with Crippen molar-refractivity contribution in [3.05, 3.63) is 30.6 Å². The summed E-state index contributed by atoms with van der Waals surface area (Å²) in [5.74, 6) is 0.360. The summed E-state index contributed by atoms with van der Waals surface area (Å²) in [5, 5.41) is 10.4. The SMILES string of the molecule is C=CCNC(=O)[C@H](C)NC[C@H]1CCO[C@@H]1c1cnn(CC)c1. The number of nitrogens with one attached hydrogen (secondary N) is 2. The predicted octanol–water partition coefficient (Wildman–Crippen LogP) is 1.26. The summed E-state index contributed by atoms with van der Waals surface area (Å²) in [6, 6.07) is -0.223. The van der Waals surface area contributed by atoms with E-state index in [0.29, 0.717) is 12.5 Å². The molecule has 0 bridgehead atoms. The van der Waals surface area contributed by atoms with Crippen molar-refractivity contribution in [3.63, 3.8) is 0 Å². The van der Waals surface area contributed by atoms with E-state index in [1.54, 1.807) is 6.08 Å². The maximum atomic E-state index is 11.8. The third-order valence-corrected chi connectivity index (χ3v) is 4.02. The van der Waals surface area contributed by atoms with Crippen molar-refractivity contribution in [1.29, 1.82) is 0 Å². The second kappa shape index (κ2) is 8.10. The van der Waals surface area contributed by atoms with Gasteiger partial charge in [-0.1, -0.05) is 6.08 Å². The summed E-state index contributed by atoms with van der Waals surface area (Å²) in [6.07, 6.45) is 6.67. The minimum atomic E-state index is -0.223. The van der Waals surface area contributed by atoms with Crippen LogP contribution < -0.4 is 10.6 Å². The van der Waals surface area contributed by atoms with Crippen molar-refractivity contribution in [2.75, 3.05) is 19.7 Å². The molecule has 1 aliphatic rings. The zero-order chi connectivity index (χ0) is 15.9. The van der Waals surface area contributed by atoms with Crippen molar-refractivity contribution < 1.29 is 9.53 Å². The van der Waals surface area contributed by atoms with Crippen LogP contribution in [0.4, 0.5) is 0 Å². The zero-order valence-corrected chi connectivity index (χ0v) is 13.4. The summed E-state index contributed by atoms with van der Waals surface area (Å²) in [4.78, 5) is 11.8. The van der Waals surface area contributed by atoms with Crippen molar-refractivity contribution in [3.8, 4) is 0 Å². The number of carbonyl (C=O) groups is 1. The second-order valence-corrected chi connectivity index (χ2v) is 5.63. The fraction of sp³-hybridized carbons (Fsp3) is 0.625. The monoisotopic (exact) mass is 306 g/mol. The van der Waals surface area contributed by atoms with Gasteiger partial charge < -0.3 is 15.4 Å². The van der Waals surface area contributed by atoms with E-state index < -0.39 is 0 Å². The lowest BCUT2D eigenvalue weighted by Crippen LogP contribution is -2.44. The van der Waals surface area contributed by atoms with Gasteiger partial charge in [-0.15, -0.1) is 6.58 Å². The van der Waals surface area contributed by atoms with Crippen LogP contribution >= 0.6 is 0 Å². The predicted molar refractivity (Wildman–Crippen MR) is 85.4 cm³/mol. The van der Waals surface area contributed by atoms with Gasteiger partial charge >= 0.3 is 0 Å². The van der Waals surface area contributed by atoms with Crippen LogP contribution in [0.5, 0.6) is 0 Å². The van der Waals surface area contributed by atoms with Crippen LogP contribution in [0.3, 0.4) is 0 Å². The Morgan fingerprint density at radius 3 is 3.18 bits per heavy atom. The summed E-state index contributed by atoms with van der Waals surface area (Å²) in [5.41, 5.74) is 1.12. The summed E-state index contributed by atoms with van der Waals surface area (Å²) >= 11 is 0. The fourth-order valence-electron chi connectivity index (χ4n) is 2.66. The molecule has 0 unspecified atom stereocenters. The fourth-order valence-corrected chi connectivity index (χ4v) is 2.66. The second-order valence-electron chi connectivity index (χ2n) is 5.63. The highest BCUT2D eigenvalue weighted by Gasteiger charge is 2.31. The first kappa shape index (κ1) is 16.7. The van der Waals surface area contributed by atoms with Gasteiger partial charge in [-0.25, -0.2) is 0 Å². The molecule has 6 nitrogen and oxygen atoms in total. The zero-order valence-electron chi connectivity index (χ0n) is 13.4. The third-order valence-electron chi connectivity index (χ3n) is 4.02. The van der Waals surface area contributed by atoms with Gasteiger partial charge in [0.05, 0.1) is 18.3 Å². The van der Waals surface area contributed by atoms with E-state index in [2.05, 4.69) is 29.2 Å². The van der Waals surface area contributed by atoms with E-state index in [-0.39, 0.29) is 18.1 Å². The first-order valence-corrected chi connectivity index (χ1v) is 7.91. The van der Waals surface area contributed by atoms with Gasteiger partial charge in [0.15, 0.2) is 0 Å². The number of carbonyl (C=O) groups excluding carboxylic acids is 1. The van der Waals surface area contributed by atoms with Gasteiger partial charge in [-0.2, -0.15) is 5.10 Å². The topological polar surface area (TPSA) is 68.2 Å². The largest absolute Gasteiger partial charge is 0.373 e. The average molecular weight is 306 g/mol. The third kappa shape index (κ3) is 4.18. The Morgan fingerprint density at radius 1 is 1.68 bits per heavy atom. The summed E-state index contributed by atoms with van der Waals surface area (Å²) in [7, 11) is 0. The molecule has 0 radical (unpaired) electrons. The van der Waals surface area contributed by atoms with E-state index in [1.807, 2.05) is 24.0 Å². The quantitative estimate of drug-likeness (QED) is 0.710. The average Bonchev–Trinajstić information content (AvgIpc) is 3.18. The summed E-state index contributed by atoms with van der Waals surface area (Å²) < 4.78 is 7.77. The lowest BCUT2D eigenvalue weighted by atomic mass is 9.97. The Kier molecular flexibility index (Phi) is 6.15. The Hall–Kier alpha value is -1.66. The standard InChI is InChI=1S/C16H26N4O2/c1-4-7-17-16(21)12(3)18-9-13-6-8-22-15(13)14-10-19-20(5-2)11-14/h4,10-13,15,18H,1,5-9H2,2-3H3,(H,17,21)/t12-,13+,15-/m0/s1. The molecule has 3 atom stereocenters. The number of nitrogens with zero attached hydrogens (tertiary/aromatic N) is 2. The molecule has 2 rings (SSSR count). The van der Waals surface area contributed by atoms with Crippen LogP contribution in [0.25, 0.3) is 0 Å². The number of aromatic nitrogens is 2. The van der Waals surface area contributed by atoms with Gasteiger partial charge in [0.1, 0.15) is 0 Å². The van der Waals surface area contributed by atoms with Gasteiger partial charge in [-0.05, 0) is 20.3 Å². The molecule has 22 heavy (non-hydrogen) atoms. The lowest BCUT2D eigenvalue weighted by molar-refractivity contribution is -0.122. The molecule has 2 heterocycles. The Labute approximate surface area is 131 Å². The maximum absolute atomic E-state index is 11.8. The van der Waals surface area contributed by atoms with Crippen LogP contribution in [-0.2, 0) is 16.1 Å². The van der Waals surface area contributed by atoms with Gasteiger partial charge in [0.2, 0.25) is 5.91 Å². The van der Waals surface area contributed by atoms with Crippen LogP contribution in [0.1, 0.15) is 31.9 Å². The Bertz CT molecular complexity index is 500. The molecular weight excluding hydrogens is 280 g/mol. The van der Waals surface area contributed by atoms with Gasteiger partial charge in [0.25, 0.3) is 0 Å². The number of rotatable bonds is 8. The van der Waals surface area contributed by atoms with Crippen LogP contribution in [0, 0.1) is 5.92 Å². The Morgan fingerprint density at radius 2 is 2.50 bits per heavy atom. The minimum Gasteiger partial charge on any atom is -0.373 e. The normalized spacial score (nSPS) is 22.5. The highest BCUT2D eigenvalue weighted by Crippen LogP contribution is 2.33. The molecule has 0 spiro atoms. The molecule has 0 saturated carbocycles. The van der Waals surface area contributed by atoms with E-state index in [4.69, 9.17) is 4.74 Å². The van der Waals surface area contributed by atoms with E-state index >= 15 is 0 Å². The molecule has 1 fully saturated rings. The van der Waals surface area contributed by atoms with E-state index in [0.717, 1.165) is 31.7 Å². The van der Waals surface area contributed by atoms with E-state index in [1.165, 1.54) is 0 Å². The van der Waals surface area contributed by atoms with E-state index in [9.17, 15) is 4.79 Å². The van der Waals surface area contributed by atoms with Crippen LogP contribution in [0.15, 0.2) is 25.0 Å². The van der Waals surface area contributed by atoms with Crippen molar-refractivity contribution >= 4 is 5.91 Å². The first-order chi connectivity index (χ1) is 10.7. The summed E-state index contributed by atoms with van der Waals surface area (Å²) in [6.45, 7) is 10.4. The number of hydrogen-bond acceptors (Lipinski definition) is 4. The number of ether oxygens (including phenoxy) is 1. The molecule has 1 aromatic rings. The molecule has 1 aromatic heterocycles. The van der Waals surface area contributed by atoms with Crippen molar-refractivity contribution in [1.82, 2.24) is 20.4 Å². The molecular formula is C16H26N4O2. The molecule has 1 amide bonds. The number of hydrogen-bond donors (Lipinski definition) is 2. The highest BCUT2D eigenvalue weighted by atomic mass is 16.5. The molecule has 2 N–H and O–H groups in total. The molecule has 1 saturated heterocycles. The molecule has 0 aromatic carbocycles. The highest BCUT2D eigenvalue weighted by molar-refractivity contribution is 5.81. The minimum absolute atomic E-state index is 0.00540. The van der Waals surface area contributed by atoms with Gasteiger partial charge in [0, 0.05) is 43.9 Å². The van der Waals surface area contributed by atoms with Crippen LogP contribution in [-0.4, -0.2) is 41.4 Å². The van der Waals surface area contributed by atoms with Crippen molar-refractivity contribution in [2.24, 2.45) is 5.92 Å². The smallest absolute Gasteiger partial charge is 0.237 e. The first-order valence-electron chi connectivity index (χ1n) is 7.91. The molecule has 6 heteroatoms. The molecule has 0 aliphatic carbocycles. The maximum Gasteiger partial charge on any atom is 0.237 e. The number of aryl methyl sites for hydroxylation is 1. The number of amides is 1.